The Hall–Kier alpha value is -3.28. The number of imidazole rings is 1. The van der Waals surface area contributed by atoms with Crippen molar-refractivity contribution in [1.82, 2.24) is 19.7 Å². The molecule has 4 rings (SSSR count). The van der Waals surface area contributed by atoms with Crippen molar-refractivity contribution in [3.8, 4) is 11.3 Å². The third kappa shape index (κ3) is 2.79. The second-order valence-electron chi connectivity index (χ2n) is 6.10. The topological polar surface area (TPSA) is 63.6 Å². The largest absolute Gasteiger partial charge is 0.331 e. The first kappa shape index (κ1) is 16.2. The molecule has 0 radical (unpaired) electrons. The number of benzene rings is 2. The maximum absolute atomic E-state index is 14.4. The number of hydrogen-bond acceptors (Lipinski definition) is 3. The van der Waals surface area contributed by atoms with Crippen molar-refractivity contribution in [3.63, 3.8) is 0 Å². The van der Waals surface area contributed by atoms with Crippen LogP contribution in [0.3, 0.4) is 0 Å². The fourth-order valence-corrected chi connectivity index (χ4v) is 3.18. The van der Waals surface area contributed by atoms with Crippen LogP contribution in [0.5, 0.6) is 0 Å². The zero-order chi connectivity index (χ0) is 18.1. The Morgan fingerprint density at radius 2 is 1.96 bits per heavy atom. The minimum Gasteiger partial charge on any atom is -0.331 e. The van der Waals surface area contributed by atoms with E-state index in [1.54, 1.807) is 24.7 Å². The summed E-state index contributed by atoms with van der Waals surface area (Å²) in [4.78, 5) is 16.0. The van der Waals surface area contributed by atoms with E-state index in [-0.39, 0.29) is 11.4 Å². The molecule has 4 aromatic rings. The van der Waals surface area contributed by atoms with E-state index in [9.17, 15) is 9.18 Å². The Kier molecular flexibility index (Phi) is 4.08. The Morgan fingerprint density at radius 1 is 1.15 bits per heavy atom. The van der Waals surface area contributed by atoms with E-state index >= 15 is 0 Å². The molecule has 0 aliphatic rings. The molecule has 0 bridgehead atoms. The van der Waals surface area contributed by atoms with Gasteiger partial charge in [-0.25, -0.2) is 14.5 Å². The highest BCUT2D eigenvalue weighted by molar-refractivity contribution is 5.83. The summed E-state index contributed by atoms with van der Waals surface area (Å²) < 4.78 is 16.3. The van der Waals surface area contributed by atoms with Crippen molar-refractivity contribution in [1.29, 1.82) is 0 Å². The van der Waals surface area contributed by atoms with Crippen molar-refractivity contribution in [2.45, 2.75) is 19.9 Å². The molecule has 0 amide bonds. The summed E-state index contributed by atoms with van der Waals surface area (Å²) >= 11 is 0. The van der Waals surface area contributed by atoms with Crippen LogP contribution in [0.2, 0.25) is 0 Å². The molecule has 0 saturated carbocycles. The molecule has 130 valence electrons. The summed E-state index contributed by atoms with van der Waals surface area (Å²) in [5.41, 5.74) is 2.70. The summed E-state index contributed by atoms with van der Waals surface area (Å²) in [5, 5.41) is 8.15. The molecule has 0 atom stereocenters. The SMILES string of the molecule is CCn1cncc1-c1cc(Cc2n[nH]c(=O)c3ccccc23)ccc1F. The van der Waals surface area contributed by atoms with Crippen LogP contribution in [0.25, 0.3) is 22.0 Å². The molecular weight excluding hydrogens is 331 g/mol. The summed E-state index contributed by atoms with van der Waals surface area (Å²) in [7, 11) is 0. The Bertz CT molecular complexity index is 1150. The number of rotatable bonds is 4. The lowest BCUT2D eigenvalue weighted by molar-refractivity contribution is 0.627. The standard InChI is InChI=1S/C20H17FN4O/c1-2-25-12-22-11-19(25)16-9-13(7-8-17(16)21)10-18-14-5-3-4-6-15(14)20(26)24-23-18/h3-9,11-12H,2,10H2,1H3,(H,24,26). The van der Waals surface area contributed by atoms with Crippen LogP contribution < -0.4 is 5.56 Å². The number of aromatic nitrogens is 4. The van der Waals surface area contributed by atoms with Crippen LogP contribution in [0.1, 0.15) is 18.2 Å². The monoisotopic (exact) mass is 348 g/mol. The molecule has 0 aliphatic heterocycles. The third-order valence-corrected chi connectivity index (χ3v) is 4.51. The average Bonchev–Trinajstić information content (AvgIpc) is 3.14. The van der Waals surface area contributed by atoms with E-state index < -0.39 is 0 Å². The average molecular weight is 348 g/mol. The fraction of sp³-hybridized carbons (Fsp3) is 0.150. The number of nitrogens with zero attached hydrogens (tertiary/aromatic N) is 3. The molecule has 2 aromatic heterocycles. The highest BCUT2D eigenvalue weighted by Crippen LogP contribution is 2.25. The molecule has 0 saturated heterocycles. The molecule has 26 heavy (non-hydrogen) atoms. The lowest BCUT2D eigenvalue weighted by Gasteiger charge is -2.10. The van der Waals surface area contributed by atoms with Gasteiger partial charge in [0.05, 0.1) is 29.3 Å². The summed E-state index contributed by atoms with van der Waals surface area (Å²) in [6.07, 6.45) is 3.85. The smallest absolute Gasteiger partial charge is 0.272 e. The molecule has 0 spiro atoms. The van der Waals surface area contributed by atoms with Crippen molar-refractivity contribution < 1.29 is 4.39 Å². The molecule has 1 N–H and O–H groups in total. The Balaban J connectivity index is 1.78. The maximum Gasteiger partial charge on any atom is 0.272 e. The quantitative estimate of drug-likeness (QED) is 0.614. The molecule has 5 nitrogen and oxygen atoms in total. The first-order valence-electron chi connectivity index (χ1n) is 8.42. The van der Waals surface area contributed by atoms with Gasteiger partial charge in [0.1, 0.15) is 5.82 Å². The third-order valence-electron chi connectivity index (χ3n) is 4.51. The number of halogens is 1. The molecular formula is C20H17FN4O. The van der Waals surface area contributed by atoms with Gasteiger partial charge in [0.15, 0.2) is 0 Å². The van der Waals surface area contributed by atoms with Crippen LogP contribution in [-0.2, 0) is 13.0 Å². The van der Waals surface area contributed by atoms with E-state index in [1.807, 2.05) is 35.8 Å². The second-order valence-corrected chi connectivity index (χ2v) is 6.10. The van der Waals surface area contributed by atoms with Gasteiger partial charge < -0.3 is 4.57 Å². The number of H-pyrrole nitrogens is 1. The van der Waals surface area contributed by atoms with Crippen LogP contribution >= 0.6 is 0 Å². The molecule has 0 unspecified atom stereocenters. The molecule has 0 aliphatic carbocycles. The van der Waals surface area contributed by atoms with Gasteiger partial charge in [-0.05, 0) is 30.7 Å². The second kappa shape index (κ2) is 6.55. The van der Waals surface area contributed by atoms with Crippen LogP contribution in [0, 0.1) is 5.82 Å². The first-order chi connectivity index (χ1) is 12.7. The van der Waals surface area contributed by atoms with Crippen LogP contribution in [-0.4, -0.2) is 19.7 Å². The van der Waals surface area contributed by atoms with Gasteiger partial charge in [-0.1, -0.05) is 24.3 Å². The van der Waals surface area contributed by atoms with Crippen molar-refractivity contribution in [3.05, 3.63) is 82.4 Å². The Morgan fingerprint density at radius 3 is 2.77 bits per heavy atom. The van der Waals surface area contributed by atoms with E-state index in [0.29, 0.717) is 23.9 Å². The maximum atomic E-state index is 14.4. The first-order valence-corrected chi connectivity index (χ1v) is 8.42. The predicted molar refractivity (Wildman–Crippen MR) is 98.5 cm³/mol. The summed E-state index contributed by atoms with van der Waals surface area (Å²) in [6.45, 7) is 2.70. The fourth-order valence-electron chi connectivity index (χ4n) is 3.18. The van der Waals surface area contributed by atoms with Gasteiger partial charge in [-0.15, -0.1) is 0 Å². The lowest BCUT2D eigenvalue weighted by Crippen LogP contribution is -2.11. The normalized spacial score (nSPS) is 11.2. The Labute approximate surface area is 149 Å². The van der Waals surface area contributed by atoms with Crippen molar-refractivity contribution in [2.75, 3.05) is 0 Å². The van der Waals surface area contributed by atoms with Crippen LogP contribution in [0.4, 0.5) is 4.39 Å². The van der Waals surface area contributed by atoms with E-state index in [4.69, 9.17) is 0 Å². The number of hydrogen-bond donors (Lipinski definition) is 1. The van der Waals surface area contributed by atoms with Crippen LogP contribution in [0.15, 0.2) is 59.8 Å². The van der Waals surface area contributed by atoms with Gasteiger partial charge >= 0.3 is 0 Å². The zero-order valence-electron chi connectivity index (χ0n) is 14.2. The van der Waals surface area contributed by atoms with Gasteiger partial charge in [0.25, 0.3) is 5.56 Å². The molecule has 2 heterocycles. The number of aryl methyl sites for hydroxylation is 1. The van der Waals surface area contributed by atoms with Gasteiger partial charge in [-0.2, -0.15) is 5.10 Å². The lowest BCUT2D eigenvalue weighted by atomic mass is 10.0. The minimum atomic E-state index is -0.289. The number of nitrogens with one attached hydrogen (secondary N) is 1. The molecule has 0 fully saturated rings. The van der Waals surface area contributed by atoms with Crippen molar-refractivity contribution in [2.24, 2.45) is 0 Å². The summed E-state index contributed by atoms with van der Waals surface area (Å²) in [6, 6.07) is 12.4. The highest BCUT2D eigenvalue weighted by atomic mass is 19.1. The highest BCUT2D eigenvalue weighted by Gasteiger charge is 2.12. The van der Waals surface area contributed by atoms with Crippen molar-refractivity contribution >= 4 is 10.8 Å². The van der Waals surface area contributed by atoms with Gasteiger partial charge in [0.2, 0.25) is 0 Å². The predicted octanol–water partition coefficient (Wildman–Crippen LogP) is 3.54. The van der Waals surface area contributed by atoms with E-state index in [1.165, 1.54) is 6.07 Å². The molecule has 2 aromatic carbocycles. The van der Waals surface area contributed by atoms with E-state index in [2.05, 4.69) is 15.2 Å². The number of fused-ring (bicyclic) bond motifs is 1. The summed E-state index contributed by atoms with van der Waals surface area (Å²) in [5.74, 6) is -0.289. The van der Waals surface area contributed by atoms with Gasteiger partial charge in [-0.3, -0.25) is 4.79 Å². The number of aromatic amines is 1. The van der Waals surface area contributed by atoms with Gasteiger partial charge in [0, 0.05) is 23.9 Å². The van der Waals surface area contributed by atoms with E-state index in [0.717, 1.165) is 22.3 Å². The zero-order valence-corrected chi connectivity index (χ0v) is 14.2. The molecule has 6 heteroatoms. The minimum absolute atomic E-state index is 0.212.